The average Bonchev–Trinajstić information content (AvgIpc) is 2.35. The van der Waals surface area contributed by atoms with Crippen molar-refractivity contribution in [1.82, 2.24) is 0 Å². The number of hydrogen-bond donors (Lipinski definition) is 2. The number of carbonyl (C=O) groups is 4. The topological polar surface area (TPSA) is 155 Å². The fourth-order valence-corrected chi connectivity index (χ4v) is 1.74. The second kappa shape index (κ2) is 21.3. The first-order chi connectivity index (χ1) is 9.33. The molecule has 2 unspecified atom stereocenters. The van der Waals surface area contributed by atoms with E-state index in [1.54, 1.807) is 0 Å². The molecule has 2 atom stereocenters. The number of carboxylic acids is 2. The minimum atomic E-state index is -1.23. The summed E-state index contributed by atoms with van der Waals surface area (Å²) in [5.74, 6) is -2.45. The molecule has 8 nitrogen and oxygen atoms in total. The van der Waals surface area contributed by atoms with Crippen LogP contribution in [0.5, 0.6) is 0 Å². The molecule has 116 valence electrons. The molecule has 0 aromatic heterocycles. The molecule has 0 aliphatic carbocycles. The monoisotopic (exact) mass is 340 g/mol. The molecule has 0 aliphatic heterocycles. The molecule has 2 N–H and O–H groups in total. The van der Waals surface area contributed by atoms with E-state index in [4.69, 9.17) is 10.2 Å². The number of aliphatic carboxylic acids is 2. The summed E-state index contributed by atoms with van der Waals surface area (Å²) >= 11 is 0. The maximum Gasteiger partial charge on any atom is 1.00 e. The second-order valence-electron chi connectivity index (χ2n) is 3.26. The molecule has 0 aromatic carbocycles. The summed E-state index contributed by atoms with van der Waals surface area (Å²) in [6.07, 6.45) is -0.919. The first-order valence-corrected chi connectivity index (χ1v) is 7.89. The Morgan fingerprint density at radius 2 is 0.955 bits per heavy atom. The quantitative estimate of drug-likeness (QED) is 0.293. The van der Waals surface area contributed by atoms with Gasteiger partial charge in [0.25, 0.3) is 0 Å². The van der Waals surface area contributed by atoms with Crippen LogP contribution < -0.4 is 47.9 Å². The van der Waals surface area contributed by atoms with Crippen molar-refractivity contribution < 1.29 is 77.3 Å². The van der Waals surface area contributed by atoms with Crippen molar-refractivity contribution in [3.05, 3.63) is 0 Å². The van der Waals surface area contributed by atoms with Gasteiger partial charge >= 0.3 is 37.7 Å². The summed E-state index contributed by atoms with van der Waals surface area (Å²) in [4.78, 5) is 40.6. The van der Waals surface area contributed by atoms with Gasteiger partial charge in [0.15, 0.2) is 11.0 Å². The molecular weight excluding hydrogens is 324 g/mol. The second-order valence-corrected chi connectivity index (χ2v) is 5.72. The summed E-state index contributed by atoms with van der Waals surface area (Å²) < 4.78 is 0. The van der Waals surface area contributed by atoms with E-state index < -0.39 is 11.9 Å². The van der Waals surface area contributed by atoms with Crippen LogP contribution in [0.25, 0.3) is 0 Å². The van der Waals surface area contributed by atoms with Crippen molar-refractivity contribution in [3.63, 3.8) is 0 Å². The summed E-state index contributed by atoms with van der Waals surface area (Å²) in [6, 6.07) is 0. The fraction of sp³-hybridized carbons (Fsp3) is 0.600. The Bertz CT molecular complexity index is 309. The molecule has 0 aromatic rings. The molecule has 12 heteroatoms. The molecular formula is C10H16Li2O8P2. The Balaban J connectivity index is -0.000000135. The van der Waals surface area contributed by atoms with Gasteiger partial charge in [0, 0.05) is 24.8 Å². The fourth-order valence-electron chi connectivity index (χ4n) is 0.784. The van der Waals surface area contributed by atoms with E-state index in [-0.39, 0.29) is 104 Å². The summed E-state index contributed by atoms with van der Waals surface area (Å²) in [7, 11) is -0.373. The van der Waals surface area contributed by atoms with Crippen molar-refractivity contribution >= 4 is 40.1 Å². The van der Waals surface area contributed by atoms with Crippen LogP contribution in [0.4, 0.5) is 0 Å². The predicted octanol–water partition coefficient (Wildman–Crippen LogP) is -8.65. The summed E-state index contributed by atoms with van der Waals surface area (Å²) in [5.41, 5.74) is -0.432. The van der Waals surface area contributed by atoms with Gasteiger partial charge < -0.3 is 30.0 Å². The van der Waals surface area contributed by atoms with Crippen molar-refractivity contribution in [1.29, 1.82) is 0 Å². The SMILES string of the molecule is O=C([O-])CCC(=O)PCO.O=C([O-])CCC(=O)PCO.[Li+].[Li+]. The first kappa shape index (κ1) is 30.2. The van der Waals surface area contributed by atoms with Gasteiger partial charge in [0.05, 0.1) is 12.7 Å². The van der Waals surface area contributed by atoms with E-state index in [1.165, 1.54) is 0 Å². The van der Waals surface area contributed by atoms with Crippen LogP contribution in [0.1, 0.15) is 25.7 Å². The van der Waals surface area contributed by atoms with Crippen LogP contribution in [0.3, 0.4) is 0 Å². The number of aliphatic hydroxyl groups excluding tert-OH is 2. The van der Waals surface area contributed by atoms with E-state index in [9.17, 15) is 29.4 Å². The van der Waals surface area contributed by atoms with Gasteiger partial charge in [-0.1, -0.05) is 0 Å². The molecule has 0 spiro atoms. The van der Waals surface area contributed by atoms with Crippen LogP contribution >= 0.6 is 17.2 Å². The van der Waals surface area contributed by atoms with Crippen LogP contribution in [0.2, 0.25) is 0 Å². The Labute approximate surface area is 155 Å². The van der Waals surface area contributed by atoms with Gasteiger partial charge in [-0.2, -0.15) is 0 Å². The van der Waals surface area contributed by atoms with Crippen LogP contribution in [-0.4, -0.2) is 45.9 Å². The molecule has 0 aliphatic rings. The Kier molecular flexibility index (Phi) is 29.1. The van der Waals surface area contributed by atoms with Gasteiger partial charge in [-0.15, -0.1) is 0 Å². The number of carbonyl (C=O) groups excluding carboxylic acids is 4. The third-order valence-corrected chi connectivity index (χ3v) is 3.27. The number of rotatable bonds is 10. The molecule has 0 amide bonds. The van der Waals surface area contributed by atoms with Crippen LogP contribution in [-0.2, 0) is 19.2 Å². The van der Waals surface area contributed by atoms with Crippen LogP contribution in [0.15, 0.2) is 0 Å². The van der Waals surface area contributed by atoms with Gasteiger partial charge in [-0.25, -0.2) is 0 Å². The zero-order valence-electron chi connectivity index (χ0n) is 12.6. The Morgan fingerprint density at radius 3 is 1.14 bits per heavy atom. The molecule has 22 heavy (non-hydrogen) atoms. The third kappa shape index (κ3) is 28.4. The van der Waals surface area contributed by atoms with Gasteiger partial charge in [-0.3, -0.25) is 9.59 Å². The maximum absolute atomic E-state index is 10.5. The normalized spacial score (nSPS) is 9.55. The van der Waals surface area contributed by atoms with E-state index in [1.807, 2.05) is 0 Å². The predicted molar refractivity (Wildman–Crippen MR) is 69.3 cm³/mol. The van der Waals surface area contributed by atoms with Crippen LogP contribution in [0, 0.1) is 0 Å². The molecule has 0 saturated heterocycles. The van der Waals surface area contributed by atoms with E-state index >= 15 is 0 Å². The third-order valence-electron chi connectivity index (χ3n) is 1.66. The Morgan fingerprint density at radius 1 is 0.682 bits per heavy atom. The largest absolute Gasteiger partial charge is 1.00 e. The molecule has 0 bridgehead atoms. The number of hydrogen-bond acceptors (Lipinski definition) is 8. The molecule has 0 radical (unpaired) electrons. The van der Waals surface area contributed by atoms with Gasteiger partial charge in [-0.05, 0) is 30.0 Å². The molecule has 0 rings (SSSR count). The maximum atomic E-state index is 10.5. The molecule has 0 fully saturated rings. The molecule has 0 saturated carbocycles. The minimum absolute atomic E-state index is 0. The number of aliphatic hydroxyl groups is 2. The van der Waals surface area contributed by atoms with E-state index in [0.29, 0.717) is 0 Å². The zero-order chi connectivity index (χ0) is 16.0. The van der Waals surface area contributed by atoms with Crippen molar-refractivity contribution in [2.24, 2.45) is 0 Å². The smallest absolute Gasteiger partial charge is 0.550 e. The van der Waals surface area contributed by atoms with Crippen molar-refractivity contribution in [3.8, 4) is 0 Å². The van der Waals surface area contributed by atoms with E-state index in [2.05, 4.69) is 0 Å². The zero-order valence-corrected chi connectivity index (χ0v) is 14.6. The summed E-state index contributed by atoms with van der Waals surface area (Å²) in [6.45, 7) is 0. The van der Waals surface area contributed by atoms with Crippen molar-refractivity contribution in [2.75, 3.05) is 12.7 Å². The first-order valence-electron chi connectivity index (χ1n) is 5.48. The summed E-state index contributed by atoms with van der Waals surface area (Å²) in [5, 5.41) is 36.0. The standard InChI is InChI=1S/2C5H9O4P.2Li/c2*6-3-10-5(9)2-1-4(7)8;;/h2*6,10H,1-3H2,(H,7,8);;/q;;2*+1/p-2. The van der Waals surface area contributed by atoms with Gasteiger partial charge in [0.2, 0.25) is 0 Å². The van der Waals surface area contributed by atoms with Gasteiger partial charge in [0.1, 0.15) is 0 Å². The average molecular weight is 340 g/mol. The van der Waals surface area contributed by atoms with E-state index in [0.717, 1.165) is 0 Å². The molecule has 0 heterocycles. The van der Waals surface area contributed by atoms with Crippen molar-refractivity contribution in [2.45, 2.75) is 25.7 Å². The number of carboxylic acid groups (broad SMARTS) is 2. The minimum Gasteiger partial charge on any atom is -0.550 e. The Hall–Kier alpha value is 0.255.